The van der Waals surface area contributed by atoms with E-state index in [1.165, 1.54) is 24.8 Å². The number of hydrogen-bond acceptors (Lipinski definition) is 2. The van der Waals surface area contributed by atoms with Gasteiger partial charge in [-0.2, -0.15) is 0 Å². The van der Waals surface area contributed by atoms with Crippen molar-refractivity contribution in [3.63, 3.8) is 0 Å². The summed E-state index contributed by atoms with van der Waals surface area (Å²) in [6, 6.07) is 18.4. The highest BCUT2D eigenvalue weighted by atomic mass is 16.1. The van der Waals surface area contributed by atoms with Crippen molar-refractivity contribution in [1.82, 2.24) is 4.90 Å². The average Bonchev–Trinajstić information content (AvgIpc) is 2.89. The van der Waals surface area contributed by atoms with Crippen LogP contribution in [0.15, 0.2) is 60.2 Å². The van der Waals surface area contributed by atoms with Crippen LogP contribution in [0.5, 0.6) is 0 Å². The second kappa shape index (κ2) is 7.14. The molecule has 0 N–H and O–H groups in total. The molecule has 2 aromatic carbocycles. The topological polar surface area (TPSA) is 20.3 Å². The van der Waals surface area contributed by atoms with Gasteiger partial charge in [-0.05, 0) is 43.1 Å². The van der Waals surface area contributed by atoms with E-state index >= 15 is 0 Å². The Kier molecular flexibility index (Phi) is 4.96. The first kappa shape index (κ1) is 16.7. The highest BCUT2D eigenvalue weighted by molar-refractivity contribution is 6.16. The summed E-state index contributed by atoms with van der Waals surface area (Å²) in [5.41, 5.74) is 4.09. The highest BCUT2D eigenvalue weighted by Crippen LogP contribution is 2.41. The van der Waals surface area contributed by atoms with E-state index in [2.05, 4.69) is 35.2 Å². The third kappa shape index (κ3) is 2.94. The minimum atomic E-state index is 0. The molecule has 1 unspecified atom stereocenters. The Morgan fingerprint density at radius 3 is 2.29 bits per heavy atom. The largest absolute Gasteiger partial charge is 0.292 e. The molecule has 24 heavy (non-hydrogen) atoms. The van der Waals surface area contributed by atoms with Crippen LogP contribution >= 0.6 is 0 Å². The summed E-state index contributed by atoms with van der Waals surface area (Å²) in [7, 11) is 0. The summed E-state index contributed by atoms with van der Waals surface area (Å²) in [5.74, 6) is 0.194. The summed E-state index contributed by atoms with van der Waals surface area (Å²) in [5, 5.41) is 0. The molecule has 1 aliphatic heterocycles. The minimum absolute atomic E-state index is 0. The Morgan fingerprint density at radius 1 is 0.875 bits per heavy atom. The van der Waals surface area contributed by atoms with Crippen molar-refractivity contribution in [3.05, 3.63) is 76.9 Å². The van der Waals surface area contributed by atoms with Crippen molar-refractivity contribution in [2.45, 2.75) is 32.7 Å². The lowest BCUT2D eigenvalue weighted by atomic mass is 9.99. The van der Waals surface area contributed by atoms with Gasteiger partial charge in [-0.25, -0.2) is 0 Å². The lowest BCUT2D eigenvalue weighted by Crippen LogP contribution is -2.33. The van der Waals surface area contributed by atoms with Crippen molar-refractivity contribution >= 4 is 11.9 Å². The van der Waals surface area contributed by atoms with Gasteiger partial charge in [-0.3, -0.25) is 9.69 Å². The lowest BCUT2D eigenvalue weighted by Gasteiger charge is -2.33. The second-order valence-corrected chi connectivity index (χ2v) is 6.43. The van der Waals surface area contributed by atoms with Gasteiger partial charge in [0, 0.05) is 11.1 Å². The van der Waals surface area contributed by atoms with Gasteiger partial charge in [0.05, 0.1) is 6.04 Å². The molecular weight excluding hydrogens is 294 g/mol. The Morgan fingerprint density at radius 2 is 1.54 bits per heavy atom. The molecule has 0 radical (unpaired) electrons. The molecule has 124 valence electrons. The Hall–Kier alpha value is -2.19. The molecule has 0 bridgehead atoms. The predicted octanol–water partition coefficient (Wildman–Crippen LogP) is 5.13. The summed E-state index contributed by atoms with van der Waals surface area (Å²) < 4.78 is 0. The van der Waals surface area contributed by atoms with Crippen molar-refractivity contribution < 1.29 is 4.79 Å². The van der Waals surface area contributed by atoms with E-state index < -0.39 is 0 Å². The van der Waals surface area contributed by atoms with Crippen molar-refractivity contribution in [2.24, 2.45) is 0 Å². The first-order valence-electron chi connectivity index (χ1n) is 8.49. The van der Waals surface area contributed by atoms with Crippen LogP contribution in [0.4, 0.5) is 0 Å². The molecule has 2 nitrogen and oxygen atoms in total. The number of fused-ring (bicyclic) bond motifs is 1. The third-order valence-electron chi connectivity index (χ3n) is 4.93. The number of benzene rings is 2. The molecule has 1 saturated heterocycles. The Balaban J connectivity index is 0.00000169. The van der Waals surface area contributed by atoms with Gasteiger partial charge in [0.25, 0.3) is 0 Å². The molecule has 1 heterocycles. The standard InChI is InChI=1S/C21H21NO.CH4/c23-21-18-12-6-5-11-17(18)20(22-13-7-2-8-14-22)19(21)15-16-9-3-1-4-10-16;/h1,3-6,9-12,15,20H,2,7-8,13-14H2;1H4/b19-15+;. The molecule has 1 fully saturated rings. The minimum Gasteiger partial charge on any atom is -0.292 e. The summed E-state index contributed by atoms with van der Waals surface area (Å²) in [6.45, 7) is 2.16. The molecule has 0 aromatic heterocycles. The van der Waals surface area contributed by atoms with Crippen LogP contribution < -0.4 is 0 Å². The summed E-state index contributed by atoms with van der Waals surface area (Å²) in [4.78, 5) is 15.4. The number of piperidine rings is 1. The van der Waals surface area contributed by atoms with E-state index in [1.807, 2.05) is 30.3 Å². The Bertz CT molecular complexity index is 742. The summed E-state index contributed by atoms with van der Waals surface area (Å²) >= 11 is 0. The van der Waals surface area contributed by atoms with Gasteiger partial charge in [0.2, 0.25) is 0 Å². The van der Waals surface area contributed by atoms with Crippen LogP contribution in [0.2, 0.25) is 0 Å². The molecule has 1 atom stereocenters. The monoisotopic (exact) mass is 319 g/mol. The van der Waals surface area contributed by atoms with E-state index in [0.717, 1.165) is 29.8 Å². The molecular formula is C22H25NO. The van der Waals surface area contributed by atoms with E-state index in [4.69, 9.17) is 0 Å². The number of Topliss-reactive ketones (excluding diaryl/α,β-unsaturated/α-hetero) is 1. The third-order valence-corrected chi connectivity index (χ3v) is 4.93. The first-order valence-corrected chi connectivity index (χ1v) is 8.49. The van der Waals surface area contributed by atoms with Gasteiger partial charge in [0.1, 0.15) is 0 Å². The fourth-order valence-corrected chi connectivity index (χ4v) is 3.83. The molecule has 4 rings (SSSR count). The normalized spacial score (nSPS) is 22.2. The van der Waals surface area contributed by atoms with Gasteiger partial charge in [-0.1, -0.05) is 68.4 Å². The number of hydrogen-bond donors (Lipinski definition) is 0. The second-order valence-electron chi connectivity index (χ2n) is 6.43. The summed E-state index contributed by atoms with van der Waals surface area (Å²) in [6.07, 6.45) is 5.84. The zero-order valence-corrected chi connectivity index (χ0v) is 13.2. The lowest BCUT2D eigenvalue weighted by molar-refractivity contribution is 0.102. The van der Waals surface area contributed by atoms with Gasteiger partial charge in [0.15, 0.2) is 5.78 Å². The number of nitrogens with zero attached hydrogens (tertiary/aromatic N) is 1. The zero-order chi connectivity index (χ0) is 15.6. The van der Waals surface area contributed by atoms with Crippen LogP contribution in [-0.2, 0) is 0 Å². The van der Waals surface area contributed by atoms with Crippen molar-refractivity contribution in [1.29, 1.82) is 0 Å². The number of rotatable bonds is 2. The van der Waals surface area contributed by atoms with E-state index in [-0.39, 0.29) is 19.3 Å². The number of carbonyl (C=O) groups excluding carboxylic acids is 1. The maximum Gasteiger partial charge on any atom is 0.191 e. The smallest absolute Gasteiger partial charge is 0.191 e. The molecule has 0 saturated carbocycles. The zero-order valence-electron chi connectivity index (χ0n) is 13.2. The van der Waals surface area contributed by atoms with Crippen LogP contribution in [0, 0.1) is 0 Å². The fourth-order valence-electron chi connectivity index (χ4n) is 3.83. The SMILES string of the molecule is C.O=C1/C(=C/c2ccccc2)C(N2CCCCC2)c2ccccc21. The molecule has 0 amide bonds. The molecule has 2 aliphatic rings. The maximum atomic E-state index is 13.0. The van der Waals surface area contributed by atoms with Crippen LogP contribution in [-0.4, -0.2) is 23.8 Å². The van der Waals surface area contributed by atoms with E-state index in [1.54, 1.807) is 0 Å². The maximum absolute atomic E-state index is 13.0. The van der Waals surface area contributed by atoms with Crippen LogP contribution in [0.3, 0.4) is 0 Å². The highest BCUT2D eigenvalue weighted by Gasteiger charge is 2.38. The van der Waals surface area contributed by atoms with Crippen molar-refractivity contribution in [2.75, 3.05) is 13.1 Å². The van der Waals surface area contributed by atoms with E-state index in [0.29, 0.717) is 0 Å². The average molecular weight is 319 g/mol. The van der Waals surface area contributed by atoms with E-state index in [9.17, 15) is 4.79 Å². The van der Waals surface area contributed by atoms with Crippen LogP contribution in [0.1, 0.15) is 54.2 Å². The molecule has 1 aliphatic carbocycles. The molecule has 0 spiro atoms. The number of ketones is 1. The molecule has 2 aromatic rings. The molecule has 2 heteroatoms. The van der Waals surface area contributed by atoms with Gasteiger partial charge >= 0.3 is 0 Å². The Labute approximate surface area is 144 Å². The van der Waals surface area contributed by atoms with Crippen molar-refractivity contribution in [3.8, 4) is 0 Å². The number of carbonyl (C=O) groups is 1. The first-order chi connectivity index (χ1) is 11.3. The van der Waals surface area contributed by atoms with Gasteiger partial charge < -0.3 is 0 Å². The fraction of sp³-hybridized carbons (Fsp3) is 0.318. The quantitative estimate of drug-likeness (QED) is 0.715. The van der Waals surface area contributed by atoms with Gasteiger partial charge in [-0.15, -0.1) is 0 Å². The predicted molar refractivity (Wildman–Crippen MR) is 100 cm³/mol. The number of likely N-dealkylation sites (tertiary alicyclic amines) is 1. The van der Waals surface area contributed by atoms with Crippen LogP contribution in [0.25, 0.3) is 6.08 Å².